The fourth-order valence-electron chi connectivity index (χ4n) is 4.01. The Bertz CT molecular complexity index is 530. The van der Waals surface area contributed by atoms with Crippen molar-refractivity contribution in [3.8, 4) is 0 Å². The molecular weight excluding hydrogens is 385 g/mol. The highest BCUT2D eigenvalue weighted by molar-refractivity contribution is 7.50. The molecule has 3 N–H and O–H groups in total. The molecule has 1 aliphatic heterocycles. The molecule has 0 radical (unpaired) electrons. The van der Waals surface area contributed by atoms with Crippen molar-refractivity contribution in [1.82, 2.24) is 5.09 Å². The van der Waals surface area contributed by atoms with Gasteiger partial charge in [0.05, 0.1) is 49.8 Å². The summed E-state index contributed by atoms with van der Waals surface area (Å²) in [5, 5.41) is 13.2. The summed E-state index contributed by atoms with van der Waals surface area (Å²) in [6.45, 7) is 11.9. The van der Waals surface area contributed by atoms with Gasteiger partial charge in [-0.1, -0.05) is 6.92 Å². The summed E-state index contributed by atoms with van der Waals surface area (Å²) in [4.78, 5) is 10.3. The lowest BCUT2D eigenvalue weighted by atomic mass is 10.0. The van der Waals surface area contributed by atoms with E-state index in [4.69, 9.17) is 18.7 Å². The van der Waals surface area contributed by atoms with Gasteiger partial charge in [-0.25, -0.2) is 9.65 Å². The summed E-state index contributed by atoms with van der Waals surface area (Å²) in [7, 11) is -4.06. The number of hydrogen-bond donors (Lipinski definition) is 3. The molecule has 8 nitrogen and oxygen atoms in total. The van der Waals surface area contributed by atoms with Gasteiger partial charge in [0.15, 0.2) is 0 Å². The van der Waals surface area contributed by atoms with Gasteiger partial charge in [0.1, 0.15) is 0 Å². The Kier molecular flexibility index (Phi) is 8.92. The maximum atomic E-state index is 12.6. The van der Waals surface area contributed by atoms with Gasteiger partial charge < -0.3 is 24.2 Å². The van der Waals surface area contributed by atoms with Crippen LogP contribution < -0.4 is 5.09 Å². The second kappa shape index (κ2) is 10.3. The fourth-order valence-corrected chi connectivity index (χ4v) is 5.14. The van der Waals surface area contributed by atoms with E-state index in [2.05, 4.69) is 5.09 Å². The van der Waals surface area contributed by atoms with Crippen molar-refractivity contribution in [2.45, 2.75) is 97.0 Å². The molecule has 0 aromatic carbocycles. The van der Waals surface area contributed by atoms with Gasteiger partial charge in [-0.2, -0.15) is 0 Å². The Morgan fingerprint density at radius 1 is 1.14 bits per heavy atom. The topological polar surface area (TPSA) is 106 Å². The SMILES string of the molecule is CC(C)OC[C@H]1O[C@@H](C)CC1NP(=O)(O)OC[C@@H]1C(OC(C)C)C[C@H](C)C1O. The van der Waals surface area contributed by atoms with Crippen molar-refractivity contribution < 1.29 is 33.3 Å². The number of rotatable bonds is 10. The molecule has 0 aromatic heterocycles. The monoisotopic (exact) mass is 423 g/mol. The van der Waals surface area contributed by atoms with E-state index in [-0.39, 0.29) is 55.0 Å². The Morgan fingerprint density at radius 2 is 1.82 bits per heavy atom. The number of hydrogen-bond acceptors (Lipinski definition) is 6. The van der Waals surface area contributed by atoms with Crippen LogP contribution in [-0.2, 0) is 23.3 Å². The number of ether oxygens (including phenoxy) is 3. The zero-order valence-corrected chi connectivity index (χ0v) is 18.8. The lowest BCUT2D eigenvalue weighted by Crippen LogP contribution is -2.39. The molecule has 4 unspecified atom stereocenters. The van der Waals surface area contributed by atoms with E-state index in [9.17, 15) is 14.6 Å². The van der Waals surface area contributed by atoms with Crippen LogP contribution in [0, 0.1) is 11.8 Å². The van der Waals surface area contributed by atoms with E-state index >= 15 is 0 Å². The van der Waals surface area contributed by atoms with Crippen LogP contribution in [0.4, 0.5) is 0 Å². The molecule has 0 aromatic rings. The van der Waals surface area contributed by atoms with E-state index in [0.717, 1.165) is 0 Å². The van der Waals surface area contributed by atoms with E-state index in [0.29, 0.717) is 19.4 Å². The predicted octanol–water partition coefficient (Wildman–Crippen LogP) is 2.47. The molecule has 9 heteroatoms. The van der Waals surface area contributed by atoms with Crippen LogP contribution in [0.5, 0.6) is 0 Å². The van der Waals surface area contributed by atoms with Gasteiger partial charge in [0.25, 0.3) is 0 Å². The third-order valence-electron chi connectivity index (χ3n) is 5.36. The maximum absolute atomic E-state index is 12.6. The van der Waals surface area contributed by atoms with Crippen molar-refractivity contribution in [2.24, 2.45) is 11.8 Å². The highest BCUT2D eigenvalue weighted by atomic mass is 31.2. The summed E-state index contributed by atoms with van der Waals surface area (Å²) in [5.74, 6) is -0.275. The Labute approximate surface area is 168 Å². The van der Waals surface area contributed by atoms with Crippen LogP contribution in [0.1, 0.15) is 54.4 Å². The van der Waals surface area contributed by atoms with Crippen LogP contribution in [0.3, 0.4) is 0 Å². The average Bonchev–Trinajstić information content (AvgIpc) is 3.02. The van der Waals surface area contributed by atoms with Crippen LogP contribution in [0.15, 0.2) is 0 Å². The maximum Gasteiger partial charge on any atom is 0.403 e. The molecule has 0 spiro atoms. The van der Waals surface area contributed by atoms with Gasteiger partial charge in [-0.3, -0.25) is 4.52 Å². The van der Waals surface area contributed by atoms with E-state index in [1.54, 1.807) is 0 Å². The van der Waals surface area contributed by atoms with E-state index in [1.807, 2.05) is 41.5 Å². The van der Waals surface area contributed by atoms with Gasteiger partial charge in [-0.05, 0) is 53.4 Å². The van der Waals surface area contributed by atoms with Crippen molar-refractivity contribution in [3.05, 3.63) is 0 Å². The molecule has 0 amide bonds. The minimum absolute atomic E-state index is 0.0166. The third kappa shape index (κ3) is 7.03. The first-order chi connectivity index (χ1) is 13.0. The number of nitrogens with one attached hydrogen (secondary N) is 1. The molecule has 0 bridgehead atoms. The molecule has 1 aliphatic carbocycles. The van der Waals surface area contributed by atoms with E-state index < -0.39 is 13.9 Å². The summed E-state index contributed by atoms with van der Waals surface area (Å²) in [6, 6.07) is -0.334. The lowest BCUT2D eigenvalue weighted by molar-refractivity contribution is -0.0449. The smallest absolute Gasteiger partial charge is 0.392 e. The minimum atomic E-state index is -4.06. The van der Waals surface area contributed by atoms with Crippen LogP contribution in [-0.4, -0.2) is 65.9 Å². The van der Waals surface area contributed by atoms with Crippen molar-refractivity contribution in [2.75, 3.05) is 13.2 Å². The number of aliphatic hydroxyl groups excluding tert-OH is 1. The molecule has 2 rings (SSSR count). The Hall–Kier alpha value is -0.0500. The lowest BCUT2D eigenvalue weighted by Gasteiger charge is -2.27. The van der Waals surface area contributed by atoms with Gasteiger partial charge in [0, 0.05) is 12.0 Å². The van der Waals surface area contributed by atoms with Gasteiger partial charge in [-0.15, -0.1) is 0 Å². The highest BCUT2D eigenvalue weighted by Gasteiger charge is 2.43. The summed E-state index contributed by atoms with van der Waals surface area (Å²) >= 11 is 0. The van der Waals surface area contributed by atoms with Crippen molar-refractivity contribution in [1.29, 1.82) is 0 Å². The van der Waals surface area contributed by atoms with Crippen LogP contribution in [0.25, 0.3) is 0 Å². The molecule has 2 fully saturated rings. The number of aliphatic hydroxyl groups is 1. The first kappa shape index (κ1) is 24.2. The van der Waals surface area contributed by atoms with E-state index in [1.165, 1.54) is 0 Å². The highest BCUT2D eigenvalue weighted by Crippen LogP contribution is 2.43. The molecule has 1 heterocycles. The first-order valence-electron chi connectivity index (χ1n) is 10.3. The Morgan fingerprint density at radius 3 is 2.43 bits per heavy atom. The quantitative estimate of drug-likeness (QED) is 0.460. The van der Waals surface area contributed by atoms with Crippen LogP contribution >= 0.6 is 7.75 Å². The molecule has 2 aliphatic rings. The van der Waals surface area contributed by atoms with Crippen molar-refractivity contribution in [3.63, 3.8) is 0 Å². The predicted molar refractivity (Wildman–Crippen MR) is 106 cm³/mol. The fraction of sp³-hybridized carbons (Fsp3) is 1.00. The molecule has 1 saturated heterocycles. The normalized spacial score (nSPS) is 38.4. The standard InChI is InChI=1S/C19H38NO7P/c1-11(2)24-10-18-16(8-14(6)27-18)20-28(22,23)25-9-15-17(26-12(3)4)7-13(5)19(15)21/h11-19,21H,7-10H2,1-6H3,(H2,20,22,23)/t13-,14-,15+,16?,17?,18+,19?/m0/s1. The zero-order chi connectivity index (χ0) is 21.1. The first-order valence-corrected chi connectivity index (χ1v) is 11.9. The summed E-state index contributed by atoms with van der Waals surface area (Å²) < 4.78 is 35.3. The van der Waals surface area contributed by atoms with Crippen molar-refractivity contribution >= 4 is 7.75 Å². The molecule has 166 valence electrons. The summed E-state index contributed by atoms with van der Waals surface area (Å²) in [6.07, 6.45) is 0.235. The Balaban J connectivity index is 1.92. The third-order valence-corrected chi connectivity index (χ3v) is 6.51. The average molecular weight is 423 g/mol. The largest absolute Gasteiger partial charge is 0.403 e. The molecule has 28 heavy (non-hydrogen) atoms. The van der Waals surface area contributed by atoms with Gasteiger partial charge in [0.2, 0.25) is 0 Å². The van der Waals surface area contributed by atoms with Crippen LogP contribution in [0.2, 0.25) is 0 Å². The minimum Gasteiger partial charge on any atom is -0.392 e. The molecule has 1 saturated carbocycles. The van der Waals surface area contributed by atoms with Gasteiger partial charge >= 0.3 is 7.75 Å². The molecule has 8 atom stereocenters. The summed E-state index contributed by atoms with van der Waals surface area (Å²) in [5.41, 5.74) is 0. The molecular formula is C19H38NO7P. The second-order valence-electron chi connectivity index (χ2n) is 8.75. The second-order valence-corrected chi connectivity index (χ2v) is 10.3. The zero-order valence-electron chi connectivity index (χ0n) is 17.9.